The predicted octanol–water partition coefficient (Wildman–Crippen LogP) is 0.489. The molecular formula is C11H19N3O3S. The minimum absolute atomic E-state index is 0.0134. The maximum atomic E-state index is 11.2. The third-order valence-electron chi connectivity index (χ3n) is 2.39. The SMILES string of the molecule is CC(O)CCCNc1cc(N)cc(S(N)(=O)=O)c1. The molecular weight excluding hydrogens is 254 g/mol. The molecule has 0 aliphatic rings. The summed E-state index contributed by atoms with van der Waals surface area (Å²) in [7, 11) is -3.75. The summed E-state index contributed by atoms with van der Waals surface area (Å²) in [5, 5.41) is 17.2. The number of nitrogens with one attached hydrogen (secondary N) is 1. The molecule has 0 heterocycles. The fourth-order valence-corrected chi connectivity index (χ4v) is 2.11. The first-order valence-corrected chi connectivity index (χ1v) is 7.19. The summed E-state index contributed by atoms with van der Waals surface area (Å²) in [5.74, 6) is 0. The maximum absolute atomic E-state index is 11.2. The molecule has 1 atom stereocenters. The Kier molecular flexibility index (Phi) is 4.94. The van der Waals surface area contributed by atoms with Gasteiger partial charge in [-0.3, -0.25) is 0 Å². The molecule has 1 aromatic rings. The third kappa shape index (κ3) is 4.91. The lowest BCUT2D eigenvalue weighted by Crippen LogP contribution is -2.13. The summed E-state index contributed by atoms with van der Waals surface area (Å²) in [4.78, 5) is -0.0134. The van der Waals surface area contributed by atoms with Crippen LogP contribution in [-0.2, 0) is 10.0 Å². The Bertz CT molecular complexity index is 500. The first-order valence-electron chi connectivity index (χ1n) is 5.64. The number of hydrogen-bond acceptors (Lipinski definition) is 5. The molecule has 7 heteroatoms. The molecule has 1 aromatic carbocycles. The lowest BCUT2D eigenvalue weighted by molar-refractivity contribution is 0.183. The van der Waals surface area contributed by atoms with Crippen molar-refractivity contribution in [1.29, 1.82) is 0 Å². The second kappa shape index (κ2) is 6.03. The van der Waals surface area contributed by atoms with Crippen molar-refractivity contribution in [2.45, 2.75) is 30.8 Å². The molecule has 0 aliphatic heterocycles. The summed E-state index contributed by atoms with van der Waals surface area (Å²) in [5.41, 5.74) is 6.54. The van der Waals surface area contributed by atoms with E-state index in [1.54, 1.807) is 13.0 Å². The number of hydrogen-bond donors (Lipinski definition) is 4. The van der Waals surface area contributed by atoms with Crippen molar-refractivity contribution in [3.63, 3.8) is 0 Å². The Balaban J connectivity index is 2.69. The number of nitrogens with two attached hydrogens (primary N) is 2. The highest BCUT2D eigenvalue weighted by molar-refractivity contribution is 7.89. The molecule has 0 aromatic heterocycles. The van der Waals surface area contributed by atoms with Gasteiger partial charge in [0.15, 0.2) is 0 Å². The first-order chi connectivity index (χ1) is 8.29. The van der Waals surface area contributed by atoms with Gasteiger partial charge in [-0.1, -0.05) is 0 Å². The molecule has 0 radical (unpaired) electrons. The standard InChI is InChI=1S/C11H19N3O3S/c1-8(15)3-2-4-14-10-5-9(12)6-11(7-10)18(13,16)17/h5-8,14-15H,2-4,12H2,1H3,(H2,13,16,17). The van der Waals surface area contributed by atoms with Crippen LogP contribution in [0.5, 0.6) is 0 Å². The summed E-state index contributed by atoms with van der Waals surface area (Å²) in [6.45, 7) is 2.35. The fourth-order valence-electron chi connectivity index (χ4n) is 1.52. The second-order valence-corrected chi connectivity index (χ2v) is 5.82. The fraction of sp³-hybridized carbons (Fsp3) is 0.455. The van der Waals surface area contributed by atoms with E-state index in [0.29, 0.717) is 24.3 Å². The van der Waals surface area contributed by atoms with Crippen molar-refractivity contribution < 1.29 is 13.5 Å². The van der Waals surface area contributed by atoms with Crippen LogP contribution in [0.4, 0.5) is 11.4 Å². The second-order valence-electron chi connectivity index (χ2n) is 4.25. The summed E-state index contributed by atoms with van der Waals surface area (Å²) in [6, 6.07) is 4.39. The number of primary sulfonamides is 1. The summed E-state index contributed by atoms with van der Waals surface area (Å²) >= 11 is 0. The number of anilines is 2. The van der Waals surface area contributed by atoms with Gasteiger partial charge >= 0.3 is 0 Å². The van der Waals surface area contributed by atoms with Gasteiger partial charge in [0.1, 0.15) is 0 Å². The van der Waals surface area contributed by atoms with Crippen LogP contribution in [0.1, 0.15) is 19.8 Å². The normalized spacial score (nSPS) is 13.3. The molecule has 1 rings (SSSR count). The van der Waals surface area contributed by atoms with Crippen LogP contribution in [0.2, 0.25) is 0 Å². The third-order valence-corrected chi connectivity index (χ3v) is 3.28. The number of rotatable bonds is 6. The van der Waals surface area contributed by atoms with Crippen LogP contribution < -0.4 is 16.2 Å². The Labute approximate surface area is 107 Å². The molecule has 0 fully saturated rings. The van der Waals surface area contributed by atoms with E-state index in [1.165, 1.54) is 12.1 Å². The number of nitrogen functional groups attached to an aromatic ring is 1. The van der Waals surface area contributed by atoms with Crippen molar-refractivity contribution in [3.05, 3.63) is 18.2 Å². The number of aliphatic hydroxyl groups is 1. The lowest BCUT2D eigenvalue weighted by Gasteiger charge is -2.10. The van der Waals surface area contributed by atoms with Gasteiger partial charge in [-0.2, -0.15) is 0 Å². The van der Waals surface area contributed by atoms with Crippen LogP contribution in [0.15, 0.2) is 23.1 Å². The van der Waals surface area contributed by atoms with E-state index in [9.17, 15) is 8.42 Å². The topological polar surface area (TPSA) is 118 Å². The zero-order valence-corrected chi connectivity index (χ0v) is 11.1. The van der Waals surface area contributed by atoms with Gasteiger partial charge in [0, 0.05) is 17.9 Å². The molecule has 1 unspecified atom stereocenters. The molecule has 0 amide bonds. The van der Waals surface area contributed by atoms with Crippen LogP contribution in [0.25, 0.3) is 0 Å². The average molecular weight is 273 g/mol. The van der Waals surface area contributed by atoms with E-state index in [0.717, 1.165) is 6.42 Å². The van der Waals surface area contributed by atoms with E-state index in [-0.39, 0.29) is 11.0 Å². The van der Waals surface area contributed by atoms with Gasteiger partial charge in [0.05, 0.1) is 11.0 Å². The van der Waals surface area contributed by atoms with Crippen LogP contribution >= 0.6 is 0 Å². The molecule has 6 nitrogen and oxygen atoms in total. The molecule has 0 saturated carbocycles. The van der Waals surface area contributed by atoms with Gasteiger partial charge in [-0.05, 0) is 38.0 Å². The molecule has 18 heavy (non-hydrogen) atoms. The zero-order valence-electron chi connectivity index (χ0n) is 10.3. The highest BCUT2D eigenvalue weighted by Gasteiger charge is 2.09. The largest absolute Gasteiger partial charge is 0.399 e. The van der Waals surface area contributed by atoms with Crippen molar-refractivity contribution >= 4 is 21.4 Å². The van der Waals surface area contributed by atoms with Crippen molar-refractivity contribution in [2.24, 2.45) is 5.14 Å². The number of benzene rings is 1. The summed E-state index contributed by atoms with van der Waals surface area (Å²) < 4.78 is 22.4. The van der Waals surface area contributed by atoms with E-state index >= 15 is 0 Å². The van der Waals surface area contributed by atoms with Crippen LogP contribution in [0, 0.1) is 0 Å². The van der Waals surface area contributed by atoms with Crippen molar-refractivity contribution in [3.8, 4) is 0 Å². The Morgan fingerprint density at radius 1 is 1.39 bits per heavy atom. The van der Waals surface area contributed by atoms with Gasteiger partial charge < -0.3 is 16.2 Å². The van der Waals surface area contributed by atoms with Gasteiger partial charge in [0.25, 0.3) is 0 Å². The zero-order chi connectivity index (χ0) is 13.8. The van der Waals surface area contributed by atoms with E-state index in [1.807, 2.05) is 0 Å². The molecule has 0 aliphatic carbocycles. The minimum atomic E-state index is -3.75. The molecule has 6 N–H and O–H groups in total. The van der Waals surface area contributed by atoms with Gasteiger partial charge in [-0.25, -0.2) is 13.6 Å². The molecule has 0 saturated heterocycles. The summed E-state index contributed by atoms with van der Waals surface area (Å²) in [6.07, 6.45) is 1.11. The smallest absolute Gasteiger partial charge is 0.238 e. The van der Waals surface area contributed by atoms with Crippen LogP contribution in [0.3, 0.4) is 0 Å². The molecule has 102 valence electrons. The van der Waals surface area contributed by atoms with E-state index in [2.05, 4.69) is 5.32 Å². The Hall–Kier alpha value is -1.31. The molecule has 0 spiro atoms. The van der Waals surface area contributed by atoms with E-state index < -0.39 is 10.0 Å². The van der Waals surface area contributed by atoms with Crippen LogP contribution in [-0.4, -0.2) is 26.2 Å². The van der Waals surface area contributed by atoms with Gasteiger partial charge in [-0.15, -0.1) is 0 Å². The highest BCUT2D eigenvalue weighted by Crippen LogP contribution is 2.19. The predicted molar refractivity (Wildman–Crippen MR) is 71.6 cm³/mol. The maximum Gasteiger partial charge on any atom is 0.238 e. The Morgan fingerprint density at radius 2 is 2.06 bits per heavy atom. The van der Waals surface area contributed by atoms with Gasteiger partial charge in [0.2, 0.25) is 10.0 Å². The Morgan fingerprint density at radius 3 is 2.61 bits per heavy atom. The lowest BCUT2D eigenvalue weighted by atomic mass is 10.2. The quantitative estimate of drug-likeness (QED) is 0.444. The minimum Gasteiger partial charge on any atom is -0.399 e. The van der Waals surface area contributed by atoms with E-state index in [4.69, 9.17) is 16.0 Å². The highest BCUT2D eigenvalue weighted by atomic mass is 32.2. The van der Waals surface area contributed by atoms with Crippen molar-refractivity contribution in [2.75, 3.05) is 17.6 Å². The number of sulfonamides is 1. The monoisotopic (exact) mass is 273 g/mol. The average Bonchev–Trinajstić information content (AvgIpc) is 2.22. The first kappa shape index (κ1) is 14.7. The number of aliphatic hydroxyl groups excluding tert-OH is 1. The van der Waals surface area contributed by atoms with Crippen molar-refractivity contribution in [1.82, 2.24) is 0 Å². The molecule has 0 bridgehead atoms.